The fraction of sp³-hybridized carbons (Fsp3) is 0.143. The topological polar surface area (TPSA) is 74.6 Å². The Labute approximate surface area is 104 Å². The molecule has 18 heavy (non-hydrogen) atoms. The van der Waals surface area contributed by atoms with E-state index in [0.29, 0.717) is 18.1 Å². The van der Waals surface area contributed by atoms with Gasteiger partial charge in [0.1, 0.15) is 17.6 Å². The van der Waals surface area contributed by atoms with Crippen LogP contribution in [0, 0.1) is 5.92 Å². The maximum absolute atomic E-state index is 11.2. The van der Waals surface area contributed by atoms with Crippen LogP contribution in [0.3, 0.4) is 0 Å². The maximum Gasteiger partial charge on any atom is 0.150 e. The van der Waals surface area contributed by atoms with Gasteiger partial charge in [-0.25, -0.2) is 0 Å². The highest BCUT2D eigenvalue weighted by Crippen LogP contribution is 2.38. The first kappa shape index (κ1) is 12.3. The minimum Gasteiger partial charge on any atom is -0.508 e. The maximum atomic E-state index is 11.2. The molecule has 0 heterocycles. The van der Waals surface area contributed by atoms with E-state index in [2.05, 4.69) is 0 Å². The summed E-state index contributed by atoms with van der Waals surface area (Å²) in [6.07, 6.45) is 3.42. The van der Waals surface area contributed by atoms with Crippen LogP contribution in [0.2, 0.25) is 0 Å². The van der Waals surface area contributed by atoms with E-state index in [1.165, 1.54) is 12.2 Å². The molecule has 0 saturated carbocycles. The average molecular weight is 244 g/mol. The second-order valence-electron chi connectivity index (χ2n) is 4.10. The number of carbonyl (C=O) groups is 2. The van der Waals surface area contributed by atoms with E-state index in [-0.39, 0.29) is 11.3 Å². The van der Waals surface area contributed by atoms with Crippen molar-refractivity contribution in [2.45, 2.75) is 5.60 Å². The number of allylic oxidation sites excluding steroid dienone is 1. The molecule has 0 aromatic heterocycles. The first-order valence-electron chi connectivity index (χ1n) is 5.44. The van der Waals surface area contributed by atoms with Crippen molar-refractivity contribution in [1.82, 2.24) is 0 Å². The van der Waals surface area contributed by atoms with E-state index in [1.54, 1.807) is 30.3 Å². The third kappa shape index (κ3) is 1.76. The first-order valence-corrected chi connectivity index (χ1v) is 5.44. The van der Waals surface area contributed by atoms with Gasteiger partial charge in [-0.1, -0.05) is 30.3 Å². The molecule has 4 nitrogen and oxygen atoms in total. The van der Waals surface area contributed by atoms with Crippen molar-refractivity contribution in [2.75, 3.05) is 0 Å². The van der Waals surface area contributed by atoms with Crippen molar-refractivity contribution in [3.8, 4) is 0 Å². The standard InChI is InChI=1S/C14H12O4/c15-8-11-12(9-16)14(18,7-6-13(11)17)10-4-2-1-3-5-10/h1-9,12,17-18H. The number of rotatable bonds is 3. The van der Waals surface area contributed by atoms with Gasteiger partial charge in [0, 0.05) is 5.57 Å². The zero-order valence-corrected chi connectivity index (χ0v) is 9.48. The summed E-state index contributed by atoms with van der Waals surface area (Å²) < 4.78 is 0. The van der Waals surface area contributed by atoms with Crippen LogP contribution in [0.4, 0.5) is 0 Å². The molecule has 0 saturated heterocycles. The molecule has 0 fully saturated rings. The largest absolute Gasteiger partial charge is 0.508 e. The van der Waals surface area contributed by atoms with Crippen molar-refractivity contribution in [3.05, 3.63) is 59.4 Å². The molecular weight excluding hydrogens is 232 g/mol. The molecule has 0 bridgehead atoms. The summed E-state index contributed by atoms with van der Waals surface area (Å²) in [5.41, 5.74) is -1.23. The lowest BCUT2D eigenvalue weighted by molar-refractivity contribution is -0.118. The molecule has 2 rings (SSSR count). The van der Waals surface area contributed by atoms with Crippen LogP contribution >= 0.6 is 0 Å². The molecule has 1 aromatic rings. The lowest BCUT2D eigenvalue weighted by Gasteiger charge is -2.33. The smallest absolute Gasteiger partial charge is 0.150 e. The van der Waals surface area contributed by atoms with Crippen LogP contribution < -0.4 is 0 Å². The summed E-state index contributed by atoms with van der Waals surface area (Å²) >= 11 is 0. The number of benzene rings is 1. The molecular formula is C14H12O4. The van der Waals surface area contributed by atoms with Crippen LogP contribution in [-0.4, -0.2) is 22.8 Å². The van der Waals surface area contributed by atoms with Crippen LogP contribution in [0.1, 0.15) is 5.56 Å². The first-order chi connectivity index (χ1) is 8.63. The minimum atomic E-state index is -1.61. The summed E-state index contributed by atoms with van der Waals surface area (Å²) in [4.78, 5) is 22.1. The van der Waals surface area contributed by atoms with Gasteiger partial charge in [-0.05, 0) is 17.7 Å². The highest BCUT2D eigenvalue weighted by atomic mass is 16.3. The van der Waals surface area contributed by atoms with Crippen LogP contribution in [0.25, 0.3) is 0 Å². The second-order valence-corrected chi connectivity index (χ2v) is 4.10. The monoisotopic (exact) mass is 244 g/mol. The van der Waals surface area contributed by atoms with Crippen LogP contribution in [-0.2, 0) is 15.2 Å². The molecule has 0 radical (unpaired) electrons. The third-order valence-corrected chi connectivity index (χ3v) is 3.10. The van der Waals surface area contributed by atoms with Crippen LogP contribution in [0.5, 0.6) is 0 Å². The zero-order valence-electron chi connectivity index (χ0n) is 9.48. The van der Waals surface area contributed by atoms with E-state index in [1.807, 2.05) is 0 Å². The number of hydrogen-bond donors (Lipinski definition) is 2. The average Bonchev–Trinajstić information content (AvgIpc) is 2.42. The highest BCUT2D eigenvalue weighted by Gasteiger charge is 2.41. The Balaban J connectivity index is 2.56. The number of hydrogen-bond acceptors (Lipinski definition) is 4. The molecule has 4 heteroatoms. The number of aliphatic hydroxyl groups excluding tert-OH is 1. The van der Waals surface area contributed by atoms with E-state index in [9.17, 15) is 19.8 Å². The van der Waals surface area contributed by atoms with Gasteiger partial charge in [0.2, 0.25) is 0 Å². The minimum absolute atomic E-state index is 0.112. The number of carbonyl (C=O) groups excluding carboxylic acids is 2. The molecule has 0 aliphatic heterocycles. The molecule has 2 N–H and O–H groups in total. The van der Waals surface area contributed by atoms with E-state index in [4.69, 9.17) is 0 Å². The summed E-state index contributed by atoms with van der Waals surface area (Å²) in [6, 6.07) is 8.55. The van der Waals surface area contributed by atoms with Gasteiger partial charge < -0.3 is 15.0 Å². The van der Waals surface area contributed by atoms with E-state index >= 15 is 0 Å². The SMILES string of the molecule is O=CC1=C(O)C=CC(O)(c2ccccc2)C1C=O. The van der Waals surface area contributed by atoms with Gasteiger partial charge in [0.05, 0.1) is 5.92 Å². The summed E-state index contributed by atoms with van der Waals surface area (Å²) in [5.74, 6) is -1.40. The van der Waals surface area contributed by atoms with Gasteiger partial charge >= 0.3 is 0 Å². The van der Waals surface area contributed by atoms with Gasteiger partial charge in [-0.15, -0.1) is 0 Å². The lowest BCUT2D eigenvalue weighted by atomic mass is 9.75. The number of aldehydes is 2. The Hall–Kier alpha value is -2.20. The van der Waals surface area contributed by atoms with Crippen molar-refractivity contribution in [3.63, 3.8) is 0 Å². The number of aliphatic hydroxyl groups is 2. The molecule has 0 spiro atoms. The zero-order chi connectivity index (χ0) is 13.2. The third-order valence-electron chi connectivity index (χ3n) is 3.10. The Kier molecular flexibility index (Phi) is 3.12. The molecule has 2 atom stereocenters. The quantitative estimate of drug-likeness (QED) is 0.785. The molecule has 1 aliphatic rings. The van der Waals surface area contributed by atoms with Crippen LogP contribution in [0.15, 0.2) is 53.8 Å². The molecule has 0 amide bonds. The Morgan fingerprint density at radius 1 is 1.17 bits per heavy atom. The van der Waals surface area contributed by atoms with Gasteiger partial charge in [0.15, 0.2) is 6.29 Å². The summed E-state index contributed by atoms with van der Waals surface area (Å²) in [6.45, 7) is 0. The van der Waals surface area contributed by atoms with Gasteiger partial charge in [0.25, 0.3) is 0 Å². The summed E-state index contributed by atoms with van der Waals surface area (Å²) in [5, 5.41) is 20.1. The fourth-order valence-corrected chi connectivity index (χ4v) is 2.09. The fourth-order valence-electron chi connectivity index (χ4n) is 2.09. The summed E-state index contributed by atoms with van der Waals surface area (Å²) in [7, 11) is 0. The molecule has 2 unspecified atom stereocenters. The predicted octanol–water partition coefficient (Wildman–Crippen LogP) is 1.27. The Morgan fingerprint density at radius 3 is 2.39 bits per heavy atom. The van der Waals surface area contributed by atoms with Crippen molar-refractivity contribution < 1.29 is 19.8 Å². The van der Waals surface area contributed by atoms with Gasteiger partial charge in [-0.2, -0.15) is 0 Å². The van der Waals surface area contributed by atoms with Crippen molar-refractivity contribution in [2.24, 2.45) is 5.92 Å². The molecule has 1 aliphatic carbocycles. The normalized spacial score (nSPS) is 27.1. The lowest BCUT2D eigenvalue weighted by Crippen LogP contribution is -2.38. The van der Waals surface area contributed by atoms with E-state index in [0.717, 1.165) is 0 Å². The highest BCUT2D eigenvalue weighted by molar-refractivity contribution is 5.84. The molecule has 92 valence electrons. The van der Waals surface area contributed by atoms with Gasteiger partial charge in [-0.3, -0.25) is 4.79 Å². The van der Waals surface area contributed by atoms with Crippen molar-refractivity contribution in [1.29, 1.82) is 0 Å². The Bertz CT molecular complexity index is 530. The van der Waals surface area contributed by atoms with E-state index < -0.39 is 11.5 Å². The Morgan fingerprint density at radius 2 is 1.83 bits per heavy atom. The predicted molar refractivity (Wildman–Crippen MR) is 64.8 cm³/mol. The molecule has 1 aromatic carbocycles. The second kappa shape index (κ2) is 4.58. The van der Waals surface area contributed by atoms with Crippen molar-refractivity contribution >= 4 is 12.6 Å².